The SMILES string of the molecule is COc1ccc(C2Sc3ccccc3N(CCCl)C(=O)C2O)cc1. The van der Waals surface area contributed by atoms with E-state index in [1.807, 2.05) is 48.5 Å². The molecule has 2 atom stereocenters. The lowest BCUT2D eigenvalue weighted by Gasteiger charge is -2.24. The molecule has 2 aromatic rings. The zero-order valence-corrected chi connectivity index (χ0v) is 14.8. The van der Waals surface area contributed by atoms with Gasteiger partial charge in [0, 0.05) is 17.3 Å². The first-order valence-electron chi connectivity index (χ1n) is 7.60. The summed E-state index contributed by atoms with van der Waals surface area (Å²) < 4.78 is 5.18. The average molecular weight is 364 g/mol. The predicted molar refractivity (Wildman–Crippen MR) is 97.1 cm³/mol. The van der Waals surface area contributed by atoms with Gasteiger partial charge in [-0.25, -0.2) is 0 Å². The zero-order valence-electron chi connectivity index (χ0n) is 13.2. The summed E-state index contributed by atoms with van der Waals surface area (Å²) in [5.41, 5.74) is 1.67. The van der Waals surface area contributed by atoms with Crippen LogP contribution in [0, 0.1) is 0 Å². The minimum Gasteiger partial charge on any atom is -0.497 e. The molecular formula is C18H18ClNO3S. The maximum absolute atomic E-state index is 12.8. The number of carbonyl (C=O) groups excluding carboxylic acids is 1. The van der Waals surface area contributed by atoms with Crippen molar-refractivity contribution in [3.05, 3.63) is 54.1 Å². The number of nitrogens with zero attached hydrogens (tertiary/aromatic N) is 1. The molecule has 126 valence electrons. The van der Waals surface area contributed by atoms with Gasteiger partial charge in [0.15, 0.2) is 0 Å². The molecule has 0 fully saturated rings. The molecule has 0 saturated carbocycles. The molecule has 1 aliphatic rings. The number of aliphatic hydroxyl groups is 1. The van der Waals surface area contributed by atoms with Gasteiger partial charge in [0.05, 0.1) is 18.0 Å². The first kappa shape index (κ1) is 17.1. The van der Waals surface area contributed by atoms with Crippen molar-refractivity contribution in [2.24, 2.45) is 0 Å². The zero-order chi connectivity index (χ0) is 17.1. The molecule has 3 rings (SSSR count). The highest BCUT2D eigenvalue weighted by Gasteiger charge is 2.36. The second-order valence-electron chi connectivity index (χ2n) is 5.40. The van der Waals surface area contributed by atoms with Gasteiger partial charge in [-0.2, -0.15) is 0 Å². The van der Waals surface area contributed by atoms with E-state index in [4.69, 9.17) is 16.3 Å². The van der Waals surface area contributed by atoms with Gasteiger partial charge in [0.2, 0.25) is 0 Å². The van der Waals surface area contributed by atoms with Crippen LogP contribution in [0.2, 0.25) is 0 Å². The third kappa shape index (κ3) is 3.24. The van der Waals surface area contributed by atoms with Crippen molar-refractivity contribution in [1.82, 2.24) is 0 Å². The molecule has 2 aromatic carbocycles. The fraction of sp³-hybridized carbons (Fsp3) is 0.278. The van der Waals surface area contributed by atoms with Crippen molar-refractivity contribution >= 4 is 35.0 Å². The highest BCUT2D eigenvalue weighted by atomic mass is 35.5. The number of hydrogen-bond donors (Lipinski definition) is 1. The van der Waals surface area contributed by atoms with Crippen LogP contribution in [-0.2, 0) is 4.79 Å². The normalized spacial score (nSPS) is 20.5. The number of rotatable bonds is 4. The fourth-order valence-electron chi connectivity index (χ4n) is 2.75. The van der Waals surface area contributed by atoms with Crippen LogP contribution in [-0.4, -0.2) is 36.7 Å². The fourth-order valence-corrected chi connectivity index (χ4v) is 4.19. The number of amides is 1. The number of hydrogen-bond acceptors (Lipinski definition) is 4. The van der Waals surface area contributed by atoms with Crippen LogP contribution in [0.25, 0.3) is 0 Å². The lowest BCUT2D eigenvalue weighted by atomic mass is 10.1. The summed E-state index contributed by atoms with van der Waals surface area (Å²) in [7, 11) is 1.61. The Bertz CT molecular complexity index is 722. The summed E-state index contributed by atoms with van der Waals surface area (Å²) in [6.07, 6.45) is -1.14. The summed E-state index contributed by atoms with van der Waals surface area (Å²) in [6, 6.07) is 15.1. The summed E-state index contributed by atoms with van der Waals surface area (Å²) in [5.74, 6) is 0.723. The number of carbonyl (C=O) groups is 1. The van der Waals surface area contributed by atoms with Gasteiger partial charge in [-0.3, -0.25) is 4.79 Å². The molecule has 1 aliphatic heterocycles. The number of benzene rings is 2. The Balaban J connectivity index is 2.02. The van der Waals surface area contributed by atoms with Gasteiger partial charge in [-0.15, -0.1) is 23.4 Å². The lowest BCUT2D eigenvalue weighted by molar-refractivity contribution is -0.126. The lowest BCUT2D eigenvalue weighted by Crippen LogP contribution is -2.41. The molecule has 0 radical (unpaired) electrons. The molecule has 1 N–H and O–H groups in total. The summed E-state index contributed by atoms with van der Waals surface area (Å²) >= 11 is 7.35. The maximum Gasteiger partial charge on any atom is 0.257 e. The Morgan fingerprint density at radius 2 is 1.92 bits per heavy atom. The van der Waals surface area contributed by atoms with Gasteiger partial charge in [0.1, 0.15) is 11.9 Å². The van der Waals surface area contributed by atoms with E-state index in [0.29, 0.717) is 12.4 Å². The minimum atomic E-state index is -1.14. The van der Waals surface area contributed by atoms with Crippen LogP contribution >= 0.6 is 23.4 Å². The van der Waals surface area contributed by atoms with Crippen molar-refractivity contribution in [2.75, 3.05) is 24.4 Å². The smallest absolute Gasteiger partial charge is 0.257 e. The first-order chi connectivity index (χ1) is 11.7. The quantitative estimate of drug-likeness (QED) is 0.845. The van der Waals surface area contributed by atoms with E-state index in [0.717, 1.165) is 21.9 Å². The Hall–Kier alpha value is -1.69. The summed E-state index contributed by atoms with van der Waals surface area (Å²) in [4.78, 5) is 15.3. The minimum absolute atomic E-state index is 0.310. The third-order valence-corrected chi connectivity index (χ3v) is 5.52. The van der Waals surface area contributed by atoms with Gasteiger partial charge in [0.25, 0.3) is 5.91 Å². The highest BCUT2D eigenvalue weighted by Crippen LogP contribution is 2.45. The van der Waals surface area contributed by atoms with Crippen LogP contribution in [0.1, 0.15) is 10.8 Å². The molecule has 0 aromatic heterocycles. The molecule has 6 heteroatoms. The number of alkyl halides is 1. The highest BCUT2D eigenvalue weighted by molar-refractivity contribution is 7.99. The number of para-hydroxylation sites is 1. The van der Waals surface area contributed by atoms with E-state index in [2.05, 4.69) is 0 Å². The maximum atomic E-state index is 12.8. The predicted octanol–water partition coefficient (Wildman–Crippen LogP) is 3.47. The second-order valence-corrected chi connectivity index (χ2v) is 6.96. The number of fused-ring (bicyclic) bond motifs is 1. The molecular weight excluding hydrogens is 346 g/mol. The van der Waals surface area contributed by atoms with Crippen LogP contribution in [0.5, 0.6) is 5.75 Å². The van der Waals surface area contributed by atoms with Gasteiger partial charge in [-0.1, -0.05) is 24.3 Å². The third-order valence-electron chi connectivity index (χ3n) is 3.97. The van der Waals surface area contributed by atoms with E-state index in [1.54, 1.807) is 12.0 Å². The van der Waals surface area contributed by atoms with Crippen LogP contribution in [0.3, 0.4) is 0 Å². The molecule has 1 heterocycles. The summed E-state index contributed by atoms with van der Waals surface area (Å²) in [6.45, 7) is 0.365. The summed E-state index contributed by atoms with van der Waals surface area (Å²) in [5, 5.41) is 10.3. The largest absolute Gasteiger partial charge is 0.497 e. The molecule has 0 aliphatic carbocycles. The molecule has 0 spiro atoms. The van der Waals surface area contributed by atoms with Crippen LogP contribution in [0.4, 0.5) is 5.69 Å². The molecule has 24 heavy (non-hydrogen) atoms. The molecule has 1 amide bonds. The molecule has 2 unspecified atom stereocenters. The first-order valence-corrected chi connectivity index (χ1v) is 9.02. The van der Waals surface area contributed by atoms with E-state index >= 15 is 0 Å². The van der Waals surface area contributed by atoms with Crippen molar-refractivity contribution in [1.29, 1.82) is 0 Å². The Morgan fingerprint density at radius 1 is 1.21 bits per heavy atom. The number of aliphatic hydroxyl groups excluding tert-OH is 1. The van der Waals surface area contributed by atoms with Gasteiger partial charge >= 0.3 is 0 Å². The van der Waals surface area contributed by atoms with E-state index in [-0.39, 0.29) is 11.2 Å². The van der Waals surface area contributed by atoms with E-state index < -0.39 is 6.10 Å². The number of ether oxygens (including phenoxy) is 1. The van der Waals surface area contributed by atoms with Crippen LogP contribution < -0.4 is 9.64 Å². The standard InChI is InChI=1S/C18H18ClNO3S/c1-23-13-8-6-12(7-9-13)17-16(21)18(22)20(11-10-19)14-4-2-3-5-15(14)24-17/h2-9,16-17,21H,10-11H2,1H3. The number of methoxy groups -OCH3 is 1. The number of anilines is 1. The van der Waals surface area contributed by atoms with Crippen molar-refractivity contribution in [3.63, 3.8) is 0 Å². The molecule has 0 saturated heterocycles. The Morgan fingerprint density at radius 3 is 2.58 bits per heavy atom. The second kappa shape index (κ2) is 7.47. The van der Waals surface area contributed by atoms with E-state index in [1.165, 1.54) is 11.8 Å². The van der Waals surface area contributed by atoms with E-state index in [9.17, 15) is 9.90 Å². The van der Waals surface area contributed by atoms with Crippen molar-refractivity contribution < 1.29 is 14.6 Å². The average Bonchev–Trinajstić information content (AvgIpc) is 2.73. The Labute approximate surface area is 150 Å². The molecule has 0 bridgehead atoms. The topological polar surface area (TPSA) is 49.8 Å². The Kier molecular flexibility index (Phi) is 5.33. The van der Waals surface area contributed by atoms with Crippen molar-refractivity contribution in [2.45, 2.75) is 16.2 Å². The molecule has 4 nitrogen and oxygen atoms in total. The van der Waals surface area contributed by atoms with Crippen molar-refractivity contribution in [3.8, 4) is 5.75 Å². The van der Waals surface area contributed by atoms with Gasteiger partial charge in [-0.05, 0) is 29.8 Å². The number of thioether (sulfide) groups is 1. The monoisotopic (exact) mass is 363 g/mol. The number of halogens is 1. The van der Waals surface area contributed by atoms with Crippen LogP contribution in [0.15, 0.2) is 53.4 Å². The van der Waals surface area contributed by atoms with Gasteiger partial charge < -0.3 is 14.7 Å².